The molecule has 0 radical (unpaired) electrons. The Kier molecular flexibility index (Phi) is 4.64. The molecular formula is C14H13BrClNO. The van der Waals surface area contributed by atoms with E-state index >= 15 is 0 Å². The van der Waals surface area contributed by atoms with Crippen molar-refractivity contribution in [2.24, 2.45) is 5.73 Å². The van der Waals surface area contributed by atoms with Crippen molar-refractivity contribution in [2.75, 3.05) is 0 Å². The van der Waals surface area contributed by atoms with E-state index in [0.717, 1.165) is 15.6 Å². The molecule has 0 aliphatic carbocycles. The first kappa shape index (κ1) is 13.4. The highest BCUT2D eigenvalue weighted by molar-refractivity contribution is 9.10. The molecule has 0 aromatic heterocycles. The van der Waals surface area contributed by atoms with Crippen LogP contribution in [0.2, 0.25) is 5.02 Å². The zero-order valence-electron chi connectivity index (χ0n) is 9.70. The van der Waals surface area contributed by atoms with E-state index < -0.39 is 0 Å². The number of rotatable bonds is 4. The van der Waals surface area contributed by atoms with E-state index in [1.54, 1.807) is 0 Å². The topological polar surface area (TPSA) is 35.2 Å². The second kappa shape index (κ2) is 6.23. The first-order valence-electron chi connectivity index (χ1n) is 5.55. The van der Waals surface area contributed by atoms with Crippen LogP contribution in [0.15, 0.2) is 46.9 Å². The molecule has 2 nitrogen and oxygen atoms in total. The van der Waals surface area contributed by atoms with E-state index in [4.69, 9.17) is 22.1 Å². The Labute approximate surface area is 120 Å². The van der Waals surface area contributed by atoms with Gasteiger partial charge < -0.3 is 10.5 Å². The van der Waals surface area contributed by atoms with Gasteiger partial charge in [0.05, 0.1) is 5.02 Å². The Morgan fingerprint density at radius 2 is 1.94 bits per heavy atom. The first-order valence-corrected chi connectivity index (χ1v) is 6.72. The van der Waals surface area contributed by atoms with Crippen LogP contribution in [-0.2, 0) is 13.2 Å². The van der Waals surface area contributed by atoms with E-state index in [1.165, 1.54) is 0 Å². The SMILES string of the molecule is NCc1ccc(COc2ccccc2Cl)c(Br)c1. The third kappa shape index (κ3) is 3.25. The fourth-order valence-corrected chi connectivity index (χ4v) is 2.28. The fourth-order valence-electron chi connectivity index (χ4n) is 1.55. The molecule has 0 unspecified atom stereocenters. The van der Waals surface area contributed by atoms with Crippen LogP contribution in [0.25, 0.3) is 0 Å². The van der Waals surface area contributed by atoms with Crippen molar-refractivity contribution >= 4 is 27.5 Å². The zero-order chi connectivity index (χ0) is 13.0. The minimum atomic E-state index is 0.467. The van der Waals surface area contributed by atoms with Gasteiger partial charge in [-0.1, -0.05) is 51.8 Å². The van der Waals surface area contributed by atoms with Gasteiger partial charge in [0, 0.05) is 16.6 Å². The van der Waals surface area contributed by atoms with E-state index in [9.17, 15) is 0 Å². The predicted octanol–water partition coefficient (Wildman–Crippen LogP) is 4.14. The van der Waals surface area contributed by atoms with E-state index in [1.807, 2.05) is 42.5 Å². The fraction of sp³-hybridized carbons (Fsp3) is 0.143. The second-order valence-electron chi connectivity index (χ2n) is 3.85. The summed E-state index contributed by atoms with van der Waals surface area (Å²) in [5.74, 6) is 0.689. The van der Waals surface area contributed by atoms with Crippen molar-refractivity contribution in [2.45, 2.75) is 13.2 Å². The highest BCUT2D eigenvalue weighted by Crippen LogP contribution is 2.26. The van der Waals surface area contributed by atoms with Crippen molar-refractivity contribution in [3.8, 4) is 5.75 Å². The molecular weight excluding hydrogens is 314 g/mol. The van der Waals surface area contributed by atoms with Gasteiger partial charge in [-0.05, 0) is 23.8 Å². The molecule has 2 aromatic rings. The number of hydrogen-bond donors (Lipinski definition) is 1. The minimum absolute atomic E-state index is 0.467. The molecule has 0 fully saturated rings. The average Bonchev–Trinajstić information content (AvgIpc) is 2.39. The molecule has 0 aliphatic heterocycles. The molecule has 0 bridgehead atoms. The Balaban J connectivity index is 2.09. The number of ether oxygens (including phenoxy) is 1. The summed E-state index contributed by atoms with van der Waals surface area (Å²) in [7, 11) is 0. The van der Waals surface area contributed by atoms with Gasteiger partial charge in [0.2, 0.25) is 0 Å². The summed E-state index contributed by atoms with van der Waals surface area (Å²) in [5, 5.41) is 0.618. The quantitative estimate of drug-likeness (QED) is 0.916. The number of nitrogens with two attached hydrogens (primary N) is 1. The molecule has 18 heavy (non-hydrogen) atoms. The number of benzene rings is 2. The molecule has 0 amide bonds. The van der Waals surface area contributed by atoms with Crippen LogP contribution in [-0.4, -0.2) is 0 Å². The molecule has 0 heterocycles. The van der Waals surface area contributed by atoms with Crippen molar-refractivity contribution in [1.29, 1.82) is 0 Å². The number of para-hydroxylation sites is 1. The summed E-state index contributed by atoms with van der Waals surface area (Å²) >= 11 is 9.54. The summed E-state index contributed by atoms with van der Waals surface area (Å²) in [6.07, 6.45) is 0. The molecule has 2 aromatic carbocycles. The number of hydrogen-bond acceptors (Lipinski definition) is 2. The zero-order valence-corrected chi connectivity index (χ0v) is 12.0. The van der Waals surface area contributed by atoms with Crippen molar-refractivity contribution < 1.29 is 4.74 Å². The maximum Gasteiger partial charge on any atom is 0.138 e. The lowest BCUT2D eigenvalue weighted by molar-refractivity contribution is 0.305. The normalized spacial score (nSPS) is 10.4. The van der Waals surface area contributed by atoms with Crippen LogP contribution in [0.3, 0.4) is 0 Å². The van der Waals surface area contributed by atoms with Crippen LogP contribution in [0.1, 0.15) is 11.1 Å². The van der Waals surface area contributed by atoms with Gasteiger partial charge in [0.1, 0.15) is 12.4 Å². The van der Waals surface area contributed by atoms with Gasteiger partial charge >= 0.3 is 0 Å². The van der Waals surface area contributed by atoms with Gasteiger partial charge in [0.25, 0.3) is 0 Å². The lowest BCUT2D eigenvalue weighted by Crippen LogP contribution is -2.00. The van der Waals surface area contributed by atoms with E-state index in [2.05, 4.69) is 15.9 Å². The summed E-state index contributed by atoms with van der Waals surface area (Å²) in [5.41, 5.74) is 7.73. The van der Waals surface area contributed by atoms with E-state index in [-0.39, 0.29) is 0 Å². The molecule has 4 heteroatoms. The highest BCUT2D eigenvalue weighted by atomic mass is 79.9. The standard InChI is InChI=1S/C14H13BrClNO/c15-12-7-10(8-17)5-6-11(12)9-18-14-4-2-1-3-13(14)16/h1-7H,8-9,17H2. The minimum Gasteiger partial charge on any atom is -0.487 e. The lowest BCUT2D eigenvalue weighted by Gasteiger charge is -2.10. The maximum absolute atomic E-state index is 6.02. The second-order valence-corrected chi connectivity index (χ2v) is 5.11. The number of halogens is 2. The molecule has 0 saturated heterocycles. The molecule has 0 atom stereocenters. The van der Waals surface area contributed by atoms with Crippen LogP contribution >= 0.6 is 27.5 Å². The molecule has 0 aliphatic rings. The first-order chi connectivity index (χ1) is 8.70. The van der Waals surface area contributed by atoms with Gasteiger partial charge in [-0.3, -0.25) is 0 Å². The third-order valence-electron chi connectivity index (χ3n) is 2.57. The summed E-state index contributed by atoms with van der Waals surface area (Å²) in [6.45, 7) is 0.999. The van der Waals surface area contributed by atoms with Crippen LogP contribution < -0.4 is 10.5 Å². The van der Waals surface area contributed by atoms with E-state index in [0.29, 0.717) is 23.9 Å². The molecule has 0 spiro atoms. The van der Waals surface area contributed by atoms with Crippen molar-refractivity contribution in [3.05, 3.63) is 63.1 Å². The Morgan fingerprint density at radius 3 is 2.61 bits per heavy atom. The van der Waals surface area contributed by atoms with Gasteiger partial charge in [-0.25, -0.2) is 0 Å². The molecule has 0 saturated carbocycles. The van der Waals surface area contributed by atoms with Crippen molar-refractivity contribution in [3.63, 3.8) is 0 Å². The monoisotopic (exact) mass is 325 g/mol. The third-order valence-corrected chi connectivity index (χ3v) is 3.62. The Bertz CT molecular complexity index is 545. The largest absolute Gasteiger partial charge is 0.487 e. The lowest BCUT2D eigenvalue weighted by atomic mass is 10.1. The smallest absolute Gasteiger partial charge is 0.138 e. The Morgan fingerprint density at radius 1 is 1.17 bits per heavy atom. The Hall–Kier alpha value is -1.03. The van der Waals surface area contributed by atoms with Crippen LogP contribution in [0.4, 0.5) is 0 Å². The van der Waals surface area contributed by atoms with Gasteiger partial charge in [0.15, 0.2) is 0 Å². The van der Waals surface area contributed by atoms with Gasteiger partial charge in [-0.2, -0.15) is 0 Å². The molecule has 2 N–H and O–H groups in total. The maximum atomic E-state index is 6.02. The predicted molar refractivity (Wildman–Crippen MR) is 77.8 cm³/mol. The summed E-state index contributed by atoms with van der Waals surface area (Å²) in [4.78, 5) is 0. The van der Waals surface area contributed by atoms with Crippen LogP contribution in [0.5, 0.6) is 5.75 Å². The molecule has 2 rings (SSSR count). The van der Waals surface area contributed by atoms with Crippen LogP contribution in [0, 0.1) is 0 Å². The summed E-state index contributed by atoms with van der Waals surface area (Å²) < 4.78 is 6.68. The summed E-state index contributed by atoms with van der Waals surface area (Å²) in [6, 6.07) is 13.4. The highest BCUT2D eigenvalue weighted by Gasteiger charge is 2.04. The average molecular weight is 327 g/mol. The van der Waals surface area contributed by atoms with Gasteiger partial charge in [-0.15, -0.1) is 0 Å². The van der Waals surface area contributed by atoms with Crippen molar-refractivity contribution in [1.82, 2.24) is 0 Å². The molecule has 94 valence electrons.